The number of rotatable bonds is 2. The van der Waals surface area contributed by atoms with Crippen LogP contribution in [0.4, 0.5) is 5.69 Å². The SMILES string of the molecule is Cc1ccc(O)c(NC(=O)c2cccc3c4c([nH]c23)CCC(C)C4)c1. The lowest BCUT2D eigenvalue weighted by atomic mass is 9.87. The lowest BCUT2D eigenvalue weighted by Gasteiger charge is -2.17. The molecule has 1 unspecified atom stereocenters. The summed E-state index contributed by atoms with van der Waals surface area (Å²) in [6, 6.07) is 11.0. The van der Waals surface area contributed by atoms with Crippen LogP contribution in [0.1, 0.15) is 40.5 Å². The number of hydrogen-bond acceptors (Lipinski definition) is 2. The lowest BCUT2D eigenvalue weighted by Crippen LogP contribution is -2.12. The molecule has 1 heterocycles. The molecule has 0 saturated carbocycles. The van der Waals surface area contributed by atoms with Gasteiger partial charge in [0.2, 0.25) is 0 Å². The second kappa shape index (κ2) is 5.96. The van der Waals surface area contributed by atoms with Gasteiger partial charge in [-0.15, -0.1) is 0 Å². The molecule has 1 aliphatic carbocycles. The van der Waals surface area contributed by atoms with E-state index < -0.39 is 0 Å². The monoisotopic (exact) mass is 334 g/mol. The number of hydrogen-bond donors (Lipinski definition) is 3. The number of amides is 1. The summed E-state index contributed by atoms with van der Waals surface area (Å²) >= 11 is 0. The number of phenols is 1. The molecule has 1 atom stereocenters. The van der Waals surface area contributed by atoms with Gasteiger partial charge >= 0.3 is 0 Å². The van der Waals surface area contributed by atoms with Crippen LogP contribution in [0.15, 0.2) is 36.4 Å². The first-order valence-corrected chi connectivity index (χ1v) is 8.76. The molecule has 128 valence electrons. The maximum atomic E-state index is 12.8. The van der Waals surface area contributed by atoms with Crippen molar-refractivity contribution in [1.82, 2.24) is 4.98 Å². The second-order valence-corrected chi connectivity index (χ2v) is 7.13. The largest absolute Gasteiger partial charge is 0.506 e. The summed E-state index contributed by atoms with van der Waals surface area (Å²) in [4.78, 5) is 16.3. The third-order valence-electron chi connectivity index (χ3n) is 5.11. The number of carbonyl (C=O) groups is 1. The molecule has 0 radical (unpaired) electrons. The summed E-state index contributed by atoms with van der Waals surface area (Å²) in [5.74, 6) is 0.539. The molecule has 25 heavy (non-hydrogen) atoms. The van der Waals surface area contributed by atoms with Crippen molar-refractivity contribution in [3.8, 4) is 5.75 Å². The van der Waals surface area contributed by atoms with Crippen LogP contribution in [0, 0.1) is 12.8 Å². The van der Waals surface area contributed by atoms with Crippen molar-refractivity contribution in [2.24, 2.45) is 5.92 Å². The third kappa shape index (κ3) is 2.78. The minimum atomic E-state index is -0.210. The number of phenolic OH excluding ortho intramolecular Hbond substituents is 1. The molecule has 1 amide bonds. The summed E-state index contributed by atoms with van der Waals surface area (Å²) in [6.07, 6.45) is 3.27. The predicted molar refractivity (Wildman–Crippen MR) is 100 cm³/mol. The zero-order chi connectivity index (χ0) is 17.6. The zero-order valence-electron chi connectivity index (χ0n) is 14.5. The van der Waals surface area contributed by atoms with Crippen molar-refractivity contribution in [2.75, 3.05) is 5.32 Å². The topological polar surface area (TPSA) is 65.1 Å². The molecule has 3 N–H and O–H groups in total. The average Bonchev–Trinajstić information content (AvgIpc) is 2.96. The van der Waals surface area contributed by atoms with Crippen molar-refractivity contribution >= 4 is 22.5 Å². The number of aromatic amines is 1. The minimum Gasteiger partial charge on any atom is -0.506 e. The van der Waals surface area contributed by atoms with Crippen molar-refractivity contribution in [3.63, 3.8) is 0 Å². The Morgan fingerprint density at radius 2 is 2.12 bits per heavy atom. The Hall–Kier alpha value is -2.75. The quantitative estimate of drug-likeness (QED) is 0.602. The number of nitrogens with one attached hydrogen (secondary N) is 2. The van der Waals surface area contributed by atoms with Crippen LogP contribution in [0.5, 0.6) is 5.75 Å². The Morgan fingerprint density at radius 3 is 2.96 bits per heavy atom. The van der Waals surface area contributed by atoms with Crippen LogP contribution < -0.4 is 5.32 Å². The average molecular weight is 334 g/mol. The first-order valence-electron chi connectivity index (χ1n) is 8.76. The molecule has 4 rings (SSSR count). The number of carbonyl (C=O) groups excluding carboxylic acids is 1. The molecule has 0 spiro atoms. The van der Waals surface area contributed by atoms with Crippen molar-refractivity contribution < 1.29 is 9.90 Å². The van der Waals surface area contributed by atoms with Crippen molar-refractivity contribution in [3.05, 3.63) is 58.8 Å². The van der Waals surface area contributed by atoms with Gasteiger partial charge in [0.25, 0.3) is 5.91 Å². The Balaban J connectivity index is 1.74. The molecule has 0 fully saturated rings. The summed E-state index contributed by atoms with van der Waals surface area (Å²) in [6.45, 7) is 4.20. The van der Waals surface area contributed by atoms with E-state index in [1.165, 1.54) is 17.7 Å². The van der Waals surface area contributed by atoms with E-state index in [4.69, 9.17) is 0 Å². The smallest absolute Gasteiger partial charge is 0.257 e. The highest BCUT2D eigenvalue weighted by atomic mass is 16.3. The van der Waals surface area contributed by atoms with Crippen LogP contribution >= 0.6 is 0 Å². The van der Waals surface area contributed by atoms with Gasteiger partial charge in [-0.25, -0.2) is 0 Å². The summed E-state index contributed by atoms with van der Waals surface area (Å²) in [5, 5.41) is 14.0. The molecular formula is C21H22N2O2. The molecule has 4 heteroatoms. The molecular weight excluding hydrogens is 312 g/mol. The van der Waals surface area contributed by atoms with E-state index in [9.17, 15) is 9.90 Å². The third-order valence-corrected chi connectivity index (χ3v) is 5.11. The van der Waals surface area contributed by atoms with Crippen LogP contribution in [0.25, 0.3) is 10.9 Å². The summed E-state index contributed by atoms with van der Waals surface area (Å²) < 4.78 is 0. The van der Waals surface area contributed by atoms with Gasteiger partial charge in [0.15, 0.2) is 0 Å². The van der Waals surface area contributed by atoms with Crippen LogP contribution in [0.3, 0.4) is 0 Å². The molecule has 0 bridgehead atoms. The van der Waals surface area contributed by atoms with Crippen LogP contribution in [0.2, 0.25) is 0 Å². The first kappa shape index (κ1) is 15.8. The molecule has 1 aromatic heterocycles. The molecule has 0 aliphatic heterocycles. The normalized spacial score (nSPS) is 16.6. The van der Waals surface area contributed by atoms with E-state index in [2.05, 4.69) is 23.3 Å². The van der Waals surface area contributed by atoms with Crippen molar-refractivity contribution in [1.29, 1.82) is 0 Å². The molecule has 1 aliphatic rings. The number of H-pyrrole nitrogens is 1. The fourth-order valence-electron chi connectivity index (χ4n) is 3.74. The molecule has 4 nitrogen and oxygen atoms in total. The van der Waals surface area contributed by atoms with E-state index in [0.29, 0.717) is 17.2 Å². The standard InChI is InChI=1S/C21H22N2O2/c1-12-6-8-17-16(10-12)14-4-3-5-15(20(14)22-17)21(25)23-18-11-13(2)7-9-19(18)24/h3-5,7,9,11-12,22,24H,6,8,10H2,1-2H3,(H,23,25). The number of aromatic nitrogens is 1. The molecule has 0 saturated heterocycles. The van der Waals surface area contributed by atoms with E-state index in [1.807, 2.05) is 25.1 Å². The van der Waals surface area contributed by atoms with Gasteiger partial charge in [-0.3, -0.25) is 4.79 Å². The number of para-hydroxylation sites is 1. The van der Waals surface area contributed by atoms with Crippen molar-refractivity contribution in [2.45, 2.75) is 33.1 Å². The van der Waals surface area contributed by atoms with E-state index in [0.717, 1.165) is 29.3 Å². The Morgan fingerprint density at radius 1 is 1.28 bits per heavy atom. The number of fused-ring (bicyclic) bond motifs is 3. The number of aromatic hydroxyl groups is 1. The molecule has 3 aromatic rings. The van der Waals surface area contributed by atoms with Gasteiger partial charge in [-0.05, 0) is 61.4 Å². The maximum Gasteiger partial charge on any atom is 0.257 e. The predicted octanol–water partition coefficient (Wildman–Crippen LogP) is 4.56. The van der Waals surface area contributed by atoms with Gasteiger partial charge in [0.05, 0.1) is 16.8 Å². The highest BCUT2D eigenvalue weighted by Crippen LogP contribution is 2.33. The summed E-state index contributed by atoms with van der Waals surface area (Å²) in [7, 11) is 0. The fraction of sp³-hybridized carbons (Fsp3) is 0.286. The van der Waals surface area contributed by atoms with E-state index in [1.54, 1.807) is 12.1 Å². The highest BCUT2D eigenvalue weighted by Gasteiger charge is 2.22. The Bertz CT molecular complexity index is 971. The van der Waals surface area contributed by atoms with Gasteiger partial charge < -0.3 is 15.4 Å². The highest BCUT2D eigenvalue weighted by molar-refractivity contribution is 6.13. The van der Waals surface area contributed by atoms with Gasteiger partial charge in [-0.2, -0.15) is 0 Å². The minimum absolute atomic E-state index is 0.0747. The molecule has 2 aromatic carbocycles. The van der Waals surface area contributed by atoms with E-state index >= 15 is 0 Å². The maximum absolute atomic E-state index is 12.8. The number of aryl methyl sites for hydroxylation is 2. The van der Waals surface area contributed by atoms with Gasteiger partial charge in [0, 0.05) is 11.1 Å². The van der Waals surface area contributed by atoms with E-state index in [-0.39, 0.29) is 11.7 Å². The number of benzene rings is 2. The van der Waals surface area contributed by atoms with Gasteiger partial charge in [0.1, 0.15) is 5.75 Å². The zero-order valence-corrected chi connectivity index (χ0v) is 14.5. The van der Waals surface area contributed by atoms with Crippen LogP contribution in [-0.2, 0) is 12.8 Å². The first-order chi connectivity index (χ1) is 12.0. The second-order valence-electron chi connectivity index (χ2n) is 7.13. The fourth-order valence-corrected chi connectivity index (χ4v) is 3.74. The Labute approximate surface area is 146 Å². The summed E-state index contributed by atoms with van der Waals surface area (Å²) in [5.41, 5.74) is 5.53. The van der Waals surface area contributed by atoms with Gasteiger partial charge in [-0.1, -0.05) is 25.1 Å². The Kier molecular flexibility index (Phi) is 3.75. The van der Waals surface area contributed by atoms with Crippen LogP contribution in [-0.4, -0.2) is 16.0 Å². The lowest BCUT2D eigenvalue weighted by molar-refractivity contribution is 0.102. The number of anilines is 1.